The van der Waals surface area contributed by atoms with Gasteiger partial charge in [0.05, 0.1) is 26.1 Å². The van der Waals surface area contributed by atoms with Gasteiger partial charge in [-0.3, -0.25) is 4.18 Å². The lowest BCUT2D eigenvalue weighted by Gasteiger charge is -2.35. The van der Waals surface area contributed by atoms with Gasteiger partial charge in [-0.15, -0.1) is 0 Å². The molecular weight excluding hydrogens is 256 g/mol. The summed E-state index contributed by atoms with van der Waals surface area (Å²) in [6.07, 6.45) is 6.07. The largest absolute Gasteiger partial charge is 0.352 e. The fraction of sp³-hybridized carbons (Fsp3) is 1.00. The molecule has 1 saturated heterocycles. The lowest BCUT2D eigenvalue weighted by Crippen LogP contribution is -2.35. The van der Waals surface area contributed by atoms with Crippen LogP contribution in [-0.2, 0) is 23.8 Å². The molecular formula is C12H22O5S. The Morgan fingerprint density at radius 1 is 1.11 bits per heavy atom. The van der Waals surface area contributed by atoms with Crippen molar-refractivity contribution >= 4 is 10.1 Å². The topological polar surface area (TPSA) is 61.8 Å². The quantitative estimate of drug-likeness (QED) is 0.730. The van der Waals surface area contributed by atoms with E-state index < -0.39 is 10.1 Å². The molecule has 0 bridgehead atoms. The van der Waals surface area contributed by atoms with Crippen LogP contribution in [0.2, 0.25) is 0 Å². The maximum atomic E-state index is 10.9. The van der Waals surface area contributed by atoms with Gasteiger partial charge in [-0.2, -0.15) is 8.42 Å². The molecule has 106 valence electrons. The van der Waals surface area contributed by atoms with Gasteiger partial charge >= 0.3 is 0 Å². The van der Waals surface area contributed by atoms with Crippen molar-refractivity contribution in [2.75, 3.05) is 26.1 Å². The minimum atomic E-state index is -3.31. The van der Waals surface area contributed by atoms with Crippen molar-refractivity contribution in [3.05, 3.63) is 0 Å². The van der Waals surface area contributed by atoms with E-state index in [4.69, 9.17) is 13.7 Å². The maximum absolute atomic E-state index is 10.9. The van der Waals surface area contributed by atoms with Gasteiger partial charge in [0.25, 0.3) is 10.1 Å². The lowest BCUT2D eigenvalue weighted by molar-refractivity contribution is -0.210. The van der Waals surface area contributed by atoms with Crippen LogP contribution in [0, 0.1) is 11.8 Å². The van der Waals surface area contributed by atoms with E-state index in [1.807, 2.05) is 0 Å². The first-order chi connectivity index (χ1) is 8.54. The highest BCUT2D eigenvalue weighted by Crippen LogP contribution is 2.33. The van der Waals surface area contributed by atoms with Crippen LogP contribution in [0.4, 0.5) is 0 Å². The van der Waals surface area contributed by atoms with E-state index in [0.29, 0.717) is 18.4 Å². The summed E-state index contributed by atoms with van der Waals surface area (Å²) >= 11 is 0. The number of hydrogen-bond donors (Lipinski definition) is 0. The molecule has 1 aliphatic heterocycles. The van der Waals surface area contributed by atoms with Crippen molar-refractivity contribution in [1.82, 2.24) is 0 Å². The summed E-state index contributed by atoms with van der Waals surface area (Å²) in [5, 5.41) is 0. The van der Waals surface area contributed by atoms with Gasteiger partial charge in [-0.05, 0) is 38.0 Å². The lowest BCUT2D eigenvalue weighted by atomic mass is 9.82. The molecule has 2 fully saturated rings. The molecule has 0 amide bonds. The van der Waals surface area contributed by atoms with Gasteiger partial charge < -0.3 is 9.47 Å². The molecule has 2 rings (SSSR count). The Kier molecular flexibility index (Phi) is 5.00. The standard InChI is InChI=1S/C12H22O5S/c1-18(13,14)17-9-10-3-5-11(6-4-10)12-15-7-2-8-16-12/h10-12H,2-9H2,1H3. The van der Waals surface area contributed by atoms with Gasteiger partial charge in [-0.25, -0.2) is 0 Å². The molecule has 1 heterocycles. The summed E-state index contributed by atoms with van der Waals surface area (Å²) in [6, 6.07) is 0. The van der Waals surface area contributed by atoms with Crippen LogP contribution < -0.4 is 0 Å². The fourth-order valence-electron chi connectivity index (χ4n) is 2.63. The minimum absolute atomic E-state index is 0.0458. The molecule has 0 N–H and O–H groups in total. The van der Waals surface area contributed by atoms with Crippen LogP contribution in [0.3, 0.4) is 0 Å². The van der Waals surface area contributed by atoms with E-state index in [2.05, 4.69) is 0 Å². The average molecular weight is 278 g/mol. The van der Waals surface area contributed by atoms with Crippen LogP contribution in [0.25, 0.3) is 0 Å². The first-order valence-corrected chi connectivity index (χ1v) is 8.44. The van der Waals surface area contributed by atoms with Crippen LogP contribution in [0.1, 0.15) is 32.1 Å². The second kappa shape index (κ2) is 6.32. The number of hydrogen-bond acceptors (Lipinski definition) is 5. The fourth-order valence-corrected chi connectivity index (χ4v) is 3.06. The van der Waals surface area contributed by atoms with Crippen molar-refractivity contribution in [3.63, 3.8) is 0 Å². The summed E-state index contributed by atoms with van der Waals surface area (Å²) < 4.78 is 37.9. The number of ether oxygens (including phenoxy) is 2. The van der Waals surface area contributed by atoms with Gasteiger partial charge in [-0.1, -0.05) is 0 Å². The summed E-state index contributed by atoms with van der Waals surface area (Å²) in [5.74, 6) is 0.805. The van der Waals surface area contributed by atoms with E-state index in [1.165, 1.54) is 0 Å². The molecule has 18 heavy (non-hydrogen) atoms. The summed E-state index contributed by atoms with van der Waals surface area (Å²) in [5.41, 5.74) is 0. The van der Waals surface area contributed by atoms with E-state index in [1.54, 1.807) is 0 Å². The molecule has 1 saturated carbocycles. The summed E-state index contributed by atoms with van der Waals surface area (Å²) in [6.45, 7) is 1.90. The van der Waals surface area contributed by atoms with E-state index in [9.17, 15) is 8.42 Å². The Labute approximate surface area is 109 Å². The Hall–Kier alpha value is -0.170. The van der Waals surface area contributed by atoms with Crippen molar-refractivity contribution in [1.29, 1.82) is 0 Å². The molecule has 0 aromatic carbocycles. The minimum Gasteiger partial charge on any atom is -0.352 e. The van der Waals surface area contributed by atoms with Crippen molar-refractivity contribution < 1.29 is 22.1 Å². The van der Waals surface area contributed by atoms with E-state index in [0.717, 1.165) is 51.6 Å². The van der Waals surface area contributed by atoms with Gasteiger partial charge in [0.1, 0.15) is 0 Å². The molecule has 6 heteroatoms. The Morgan fingerprint density at radius 2 is 1.72 bits per heavy atom. The second-order valence-corrected chi connectivity index (χ2v) is 6.88. The third kappa shape index (κ3) is 4.50. The predicted molar refractivity (Wildman–Crippen MR) is 66.6 cm³/mol. The molecule has 1 aliphatic carbocycles. The summed E-state index contributed by atoms with van der Waals surface area (Å²) in [4.78, 5) is 0. The molecule has 0 aromatic heterocycles. The zero-order valence-electron chi connectivity index (χ0n) is 10.8. The van der Waals surface area contributed by atoms with Gasteiger partial charge in [0, 0.05) is 5.92 Å². The Morgan fingerprint density at radius 3 is 2.28 bits per heavy atom. The highest BCUT2D eigenvalue weighted by atomic mass is 32.2. The molecule has 0 aromatic rings. The average Bonchev–Trinajstić information content (AvgIpc) is 2.37. The third-order valence-corrected chi connectivity index (χ3v) is 4.21. The van der Waals surface area contributed by atoms with Crippen molar-refractivity contribution in [2.45, 2.75) is 38.4 Å². The van der Waals surface area contributed by atoms with Crippen LogP contribution >= 0.6 is 0 Å². The molecule has 5 nitrogen and oxygen atoms in total. The molecule has 0 radical (unpaired) electrons. The maximum Gasteiger partial charge on any atom is 0.264 e. The monoisotopic (exact) mass is 278 g/mol. The first-order valence-electron chi connectivity index (χ1n) is 6.62. The van der Waals surface area contributed by atoms with Crippen LogP contribution in [-0.4, -0.2) is 40.8 Å². The first kappa shape index (κ1) is 14.2. The highest BCUT2D eigenvalue weighted by molar-refractivity contribution is 7.85. The molecule has 0 unspecified atom stereocenters. The smallest absolute Gasteiger partial charge is 0.264 e. The third-order valence-electron chi connectivity index (χ3n) is 3.65. The molecule has 0 spiro atoms. The van der Waals surface area contributed by atoms with Crippen LogP contribution in [0.5, 0.6) is 0 Å². The molecule has 0 atom stereocenters. The van der Waals surface area contributed by atoms with Gasteiger partial charge in [0.2, 0.25) is 0 Å². The zero-order valence-corrected chi connectivity index (χ0v) is 11.7. The predicted octanol–water partition coefficient (Wildman–Crippen LogP) is 1.53. The van der Waals surface area contributed by atoms with Gasteiger partial charge in [0.15, 0.2) is 6.29 Å². The number of rotatable bonds is 4. The SMILES string of the molecule is CS(=O)(=O)OCC1CCC(C2OCCCO2)CC1. The van der Waals surface area contributed by atoms with Crippen molar-refractivity contribution in [3.8, 4) is 0 Å². The van der Waals surface area contributed by atoms with Crippen molar-refractivity contribution in [2.24, 2.45) is 11.8 Å². The molecule has 2 aliphatic rings. The zero-order chi connectivity index (χ0) is 13.0. The Bertz CT molecular complexity index is 339. The highest BCUT2D eigenvalue weighted by Gasteiger charge is 2.30. The second-order valence-electron chi connectivity index (χ2n) is 5.23. The Balaban J connectivity index is 1.70. The normalized spacial score (nSPS) is 31.4. The van der Waals surface area contributed by atoms with E-state index in [-0.39, 0.29) is 6.29 Å². The van der Waals surface area contributed by atoms with E-state index >= 15 is 0 Å². The summed E-state index contributed by atoms with van der Waals surface area (Å²) in [7, 11) is -3.31. The van der Waals surface area contributed by atoms with Crippen LogP contribution in [0.15, 0.2) is 0 Å².